The van der Waals surface area contributed by atoms with Crippen LogP contribution >= 0.6 is 0 Å². The van der Waals surface area contributed by atoms with Crippen LogP contribution in [0.3, 0.4) is 0 Å². The van der Waals surface area contributed by atoms with Crippen molar-refractivity contribution in [2.24, 2.45) is 12.5 Å². The van der Waals surface area contributed by atoms with Gasteiger partial charge in [0.2, 0.25) is 0 Å². The van der Waals surface area contributed by atoms with Crippen LogP contribution in [-0.2, 0) is 7.05 Å². The van der Waals surface area contributed by atoms with Gasteiger partial charge in [0.25, 0.3) is 0 Å². The second-order valence-electron chi connectivity index (χ2n) is 3.55. The highest BCUT2D eigenvalue weighted by molar-refractivity contribution is 5.21. The largest absolute Gasteiger partial charge is 0.385 e. The molecule has 0 amide bonds. The van der Waals surface area contributed by atoms with E-state index in [-0.39, 0.29) is 0 Å². The molecule has 13 heavy (non-hydrogen) atoms. The summed E-state index contributed by atoms with van der Waals surface area (Å²) in [5.41, 5.74) is 0.187. The Balaban J connectivity index is 2.29. The van der Waals surface area contributed by atoms with Crippen molar-refractivity contribution in [2.45, 2.75) is 18.9 Å². The number of rotatable bonds is 2. The van der Waals surface area contributed by atoms with E-state index in [1.165, 1.54) is 0 Å². The van der Waals surface area contributed by atoms with Gasteiger partial charge in [0.05, 0.1) is 17.2 Å². The van der Waals surface area contributed by atoms with Gasteiger partial charge in [0.15, 0.2) is 0 Å². The number of hydrogen-bond donors (Lipinski definition) is 1. The predicted molar refractivity (Wildman–Crippen MR) is 45.4 cm³/mol. The summed E-state index contributed by atoms with van der Waals surface area (Å²) in [6.45, 7) is 0. The van der Waals surface area contributed by atoms with Gasteiger partial charge in [-0.1, -0.05) is 0 Å². The van der Waals surface area contributed by atoms with Gasteiger partial charge < -0.3 is 5.11 Å². The fraction of sp³-hybridized carbons (Fsp3) is 0.556. The Labute approximate surface area is 76.4 Å². The van der Waals surface area contributed by atoms with Crippen molar-refractivity contribution in [1.82, 2.24) is 9.78 Å². The fourth-order valence-electron chi connectivity index (χ4n) is 1.52. The van der Waals surface area contributed by atoms with E-state index in [1.54, 1.807) is 24.0 Å². The molecule has 1 aromatic heterocycles. The zero-order valence-electron chi connectivity index (χ0n) is 7.44. The van der Waals surface area contributed by atoms with E-state index in [9.17, 15) is 5.11 Å². The molecule has 68 valence electrons. The Hall–Kier alpha value is -1.34. The second-order valence-corrected chi connectivity index (χ2v) is 3.55. The van der Waals surface area contributed by atoms with Gasteiger partial charge in [0.1, 0.15) is 6.10 Å². The highest BCUT2D eigenvalue weighted by Crippen LogP contribution is 2.54. The normalized spacial score (nSPS) is 20.7. The lowest BCUT2D eigenvalue weighted by molar-refractivity contribution is 0.114. The van der Waals surface area contributed by atoms with Crippen LogP contribution in [0, 0.1) is 16.7 Å². The first-order chi connectivity index (χ1) is 6.19. The Bertz CT molecular complexity index is 359. The predicted octanol–water partition coefficient (Wildman–Crippen LogP) is 0.757. The van der Waals surface area contributed by atoms with E-state index in [2.05, 4.69) is 11.2 Å². The first-order valence-corrected chi connectivity index (χ1v) is 4.27. The van der Waals surface area contributed by atoms with Gasteiger partial charge in [0, 0.05) is 13.2 Å². The molecule has 0 aliphatic heterocycles. The maximum Gasteiger partial charge on any atom is 0.114 e. The van der Waals surface area contributed by atoms with Gasteiger partial charge in [-0.25, -0.2) is 0 Å². The van der Waals surface area contributed by atoms with E-state index in [1.807, 2.05) is 0 Å². The summed E-state index contributed by atoms with van der Waals surface area (Å²) in [4.78, 5) is 0. The van der Waals surface area contributed by atoms with Gasteiger partial charge in [-0.05, 0) is 18.9 Å². The molecule has 1 aliphatic rings. The van der Waals surface area contributed by atoms with Crippen molar-refractivity contribution in [3.63, 3.8) is 0 Å². The van der Waals surface area contributed by atoms with Crippen LogP contribution in [0.15, 0.2) is 12.3 Å². The number of hydrogen-bond acceptors (Lipinski definition) is 3. The number of aryl methyl sites for hydroxylation is 1. The van der Waals surface area contributed by atoms with Crippen LogP contribution in [0.25, 0.3) is 0 Å². The topological polar surface area (TPSA) is 61.8 Å². The average Bonchev–Trinajstić information content (AvgIpc) is 2.83. The number of aromatic nitrogens is 2. The summed E-state index contributed by atoms with van der Waals surface area (Å²) in [5.74, 6) is 0. The van der Waals surface area contributed by atoms with Gasteiger partial charge in [-0.2, -0.15) is 10.4 Å². The molecule has 1 saturated carbocycles. The fourth-order valence-corrected chi connectivity index (χ4v) is 1.52. The van der Waals surface area contributed by atoms with Gasteiger partial charge in [-0.3, -0.25) is 4.68 Å². The minimum Gasteiger partial charge on any atom is -0.385 e. The summed E-state index contributed by atoms with van der Waals surface area (Å²) in [5, 5.41) is 22.7. The molecule has 0 aromatic carbocycles. The zero-order valence-corrected chi connectivity index (χ0v) is 7.44. The van der Waals surface area contributed by atoms with Crippen LogP contribution in [0.4, 0.5) is 0 Å². The first kappa shape index (κ1) is 8.27. The monoisotopic (exact) mass is 177 g/mol. The van der Waals surface area contributed by atoms with Crippen molar-refractivity contribution in [3.05, 3.63) is 18.0 Å². The number of nitrogens with zero attached hydrogens (tertiary/aromatic N) is 3. The first-order valence-electron chi connectivity index (χ1n) is 4.27. The molecule has 1 heterocycles. The molecule has 0 spiro atoms. The summed E-state index contributed by atoms with van der Waals surface area (Å²) >= 11 is 0. The van der Waals surface area contributed by atoms with Crippen LogP contribution in [0.2, 0.25) is 0 Å². The SMILES string of the molecule is Cn1nccc1C(O)C1(C#N)CC1. The molecule has 4 nitrogen and oxygen atoms in total. The minimum absolute atomic E-state index is 0.534. The smallest absolute Gasteiger partial charge is 0.114 e. The third-order valence-electron chi connectivity index (χ3n) is 2.67. The lowest BCUT2D eigenvalue weighted by atomic mass is 9.98. The third kappa shape index (κ3) is 1.12. The molecule has 0 bridgehead atoms. The van der Waals surface area contributed by atoms with Crippen molar-refractivity contribution in [3.8, 4) is 6.07 Å². The van der Waals surface area contributed by atoms with Gasteiger partial charge in [-0.15, -0.1) is 0 Å². The molecule has 4 heteroatoms. The van der Waals surface area contributed by atoms with Crippen molar-refractivity contribution >= 4 is 0 Å². The Morgan fingerprint density at radius 2 is 2.46 bits per heavy atom. The Morgan fingerprint density at radius 3 is 2.85 bits per heavy atom. The standard InChI is InChI=1S/C9H11N3O/c1-12-7(2-5-11-12)8(13)9(6-10)3-4-9/h2,5,8,13H,3-4H2,1H3. The quantitative estimate of drug-likeness (QED) is 0.725. The van der Waals surface area contributed by atoms with Crippen molar-refractivity contribution in [2.75, 3.05) is 0 Å². The number of nitriles is 1. The van der Waals surface area contributed by atoms with E-state index >= 15 is 0 Å². The van der Waals surface area contributed by atoms with Crippen molar-refractivity contribution in [1.29, 1.82) is 5.26 Å². The highest BCUT2D eigenvalue weighted by atomic mass is 16.3. The maximum absolute atomic E-state index is 9.90. The summed E-state index contributed by atoms with van der Waals surface area (Å²) in [6.07, 6.45) is 2.52. The maximum atomic E-state index is 9.90. The molecular formula is C9H11N3O. The van der Waals surface area contributed by atoms with E-state index in [4.69, 9.17) is 5.26 Å². The minimum atomic E-state index is -0.690. The summed E-state index contributed by atoms with van der Waals surface area (Å²) in [6, 6.07) is 3.93. The molecule has 1 N–H and O–H groups in total. The number of aliphatic hydroxyl groups is 1. The average molecular weight is 177 g/mol. The van der Waals surface area contributed by atoms with Crippen LogP contribution < -0.4 is 0 Å². The molecule has 1 unspecified atom stereocenters. The van der Waals surface area contributed by atoms with Gasteiger partial charge >= 0.3 is 0 Å². The van der Waals surface area contributed by atoms with E-state index in [0.717, 1.165) is 18.5 Å². The molecular weight excluding hydrogens is 166 g/mol. The number of aliphatic hydroxyl groups excluding tert-OH is 1. The van der Waals surface area contributed by atoms with Crippen molar-refractivity contribution < 1.29 is 5.11 Å². The molecule has 0 saturated heterocycles. The lowest BCUT2D eigenvalue weighted by Crippen LogP contribution is -2.15. The molecule has 1 fully saturated rings. The molecule has 1 atom stereocenters. The highest BCUT2D eigenvalue weighted by Gasteiger charge is 2.51. The Morgan fingerprint density at radius 1 is 1.77 bits per heavy atom. The Kier molecular flexibility index (Phi) is 1.64. The molecule has 1 aromatic rings. The van der Waals surface area contributed by atoms with E-state index < -0.39 is 11.5 Å². The van der Waals surface area contributed by atoms with Crippen LogP contribution in [-0.4, -0.2) is 14.9 Å². The molecule has 2 rings (SSSR count). The third-order valence-corrected chi connectivity index (χ3v) is 2.67. The van der Waals surface area contributed by atoms with E-state index in [0.29, 0.717) is 0 Å². The summed E-state index contributed by atoms with van der Waals surface area (Å²) in [7, 11) is 1.77. The second kappa shape index (κ2) is 2.57. The molecule has 0 radical (unpaired) electrons. The van der Waals surface area contributed by atoms with Crippen LogP contribution in [0.1, 0.15) is 24.6 Å². The lowest BCUT2D eigenvalue weighted by Gasteiger charge is -2.14. The zero-order chi connectivity index (χ0) is 9.47. The molecule has 1 aliphatic carbocycles. The van der Waals surface area contributed by atoms with Crippen LogP contribution in [0.5, 0.6) is 0 Å². The summed E-state index contributed by atoms with van der Waals surface area (Å²) < 4.78 is 1.61.